The zero-order chi connectivity index (χ0) is 27.8. The number of halogens is 1. The number of carboxylic acid groups (broad SMARTS) is 1. The lowest BCUT2D eigenvalue weighted by Gasteiger charge is -2.12. The summed E-state index contributed by atoms with van der Waals surface area (Å²) < 4.78 is 26.4. The van der Waals surface area contributed by atoms with E-state index in [0.717, 1.165) is 37.8 Å². The topological polar surface area (TPSA) is 116 Å². The molecule has 200 valence electrons. The normalized spacial score (nSPS) is 14.2. The van der Waals surface area contributed by atoms with Crippen molar-refractivity contribution in [2.75, 3.05) is 13.7 Å². The maximum absolute atomic E-state index is 14.5. The Morgan fingerprint density at radius 2 is 1.74 bits per heavy atom. The molecule has 2 aromatic heterocycles. The summed E-state index contributed by atoms with van der Waals surface area (Å²) in [6, 6.07) is 11.3. The molecule has 1 aliphatic heterocycles. The number of rotatable bonds is 7. The van der Waals surface area contributed by atoms with Crippen molar-refractivity contribution in [3.8, 4) is 21.9 Å². The van der Waals surface area contributed by atoms with Gasteiger partial charge in [0.1, 0.15) is 16.9 Å². The van der Waals surface area contributed by atoms with Gasteiger partial charge in [-0.3, -0.25) is 14.4 Å². The van der Waals surface area contributed by atoms with Crippen molar-refractivity contribution in [2.24, 2.45) is 4.99 Å². The van der Waals surface area contributed by atoms with Crippen LogP contribution in [0.15, 0.2) is 47.5 Å². The maximum atomic E-state index is 14.5. The fourth-order valence-corrected chi connectivity index (χ4v) is 5.74. The first-order valence-corrected chi connectivity index (χ1v) is 12.9. The Morgan fingerprint density at radius 3 is 2.41 bits per heavy atom. The van der Waals surface area contributed by atoms with E-state index in [0.29, 0.717) is 17.2 Å². The van der Waals surface area contributed by atoms with Crippen molar-refractivity contribution >= 4 is 29.0 Å². The Hall–Kier alpha value is -4.38. The molecule has 4 aromatic rings. The number of benzene rings is 2. The lowest BCUT2D eigenvalue weighted by atomic mass is 9.97. The van der Waals surface area contributed by atoms with E-state index in [1.54, 1.807) is 17.4 Å². The molecular weight excluding hydrogens is 523 g/mol. The van der Waals surface area contributed by atoms with Gasteiger partial charge in [-0.25, -0.2) is 9.18 Å². The van der Waals surface area contributed by atoms with Crippen LogP contribution in [0.3, 0.4) is 0 Å². The number of thiophene rings is 1. The third-order valence-electron chi connectivity index (χ3n) is 6.60. The first-order chi connectivity index (χ1) is 18.7. The number of aliphatic carboxylic acids is 1. The van der Waals surface area contributed by atoms with Crippen LogP contribution in [-0.2, 0) is 14.3 Å². The summed E-state index contributed by atoms with van der Waals surface area (Å²) in [4.78, 5) is 29.2. The number of aryl methyl sites for hydroxylation is 2. The van der Waals surface area contributed by atoms with Gasteiger partial charge in [0, 0.05) is 16.0 Å². The first kappa shape index (κ1) is 26.2. The molecule has 0 saturated carbocycles. The predicted molar refractivity (Wildman–Crippen MR) is 143 cm³/mol. The van der Waals surface area contributed by atoms with Crippen molar-refractivity contribution < 1.29 is 28.6 Å². The molecule has 0 fully saturated rings. The van der Waals surface area contributed by atoms with Gasteiger partial charge in [0.2, 0.25) is 0 Å². The Bertz CT molecular complexity index is 1620. The lowest BCUT2D eigenvalue weighted by molar-refractivity contribution is -0.141. The Balaban J connectivity index is 1.56. The molecule has 39 heavy (non-hydrogen) atoms. The number of hydrogen-bond acceptors (Lipinski definition) is 8. The molecule has 0 bridgehead atoms. The summed E-state index contributed by atoms with van der Waals surface area (Å²) >= 11 is 1.62. The van der Waals surface area contributed by atoms with E-state index in [-0.39, 0.29) is 12.2 Å². The highest BCUT2D eigenvalue weighted by molar-refractivity contribution is 7.15. The number of carboxylic acids is 1. The second kappa shape index (κ2) is 10.4. The van der Waals surface area contributed by atoms with Crippen LogP contribution in [0.2, 0.25) is 0 Å². The molecule has 9 nitrogen and oxygen atoms in total. The second-order valence-corrected chi connectivity index (χ2v) is 10.3. The zero-order valence-corrected chi connectivity index (χ0v) is 22.5. The summed E-state index contributed by atoms with van der Waals surface area (Å²) in [6.07, 6.45) is 0.0127. The number of carbonyl (C=O) groups is 2. The van der Waals surface area contributed by atoms with Gasteiger partial charge in [-0.15, -0.1) is 21.5 Å². The van der Waals surface area contributed by atoms with E-state index in [1.807, 2.05) is 42.7 Å². The van der Waals surface area contributed by atoms with E-state index in [9.17, 15) is 14.0 Å². The molecule has 2 aromatic carbocycles. The molecule has 0 aliphatic carbocycles. The summed E-state index contributed by atoms with van der Waals surface area (Å²) in [6.45, 7) is 5.35. The molecule has 11 heteroatoms. The lowest BCUT2D eigenvalue weighted by Crippen LogP contribution is -2.12. The highest BCUT2D eigenvalue weighted by Gasteiger charge is 2.32. The average molecular weight is 549 g/mol. The smallest absolute Gasteiger partial charge is 0.341 e. The quantitative estimate of drug-likeness (QED) is 0.324. The summed E-state index contributed by atoms with van der Waals surface area (Å²) in [7, 11) is 1.34. The van der Waals surface area contributed by atoms with Crippen LogP contribution in [0.5, 0.6) is 5.75 Å². The maximum Gasteiger partial charge on any atom is 0.341 e. The third kappa shape index (κ3) is 4.92. The van der Waals surface area contributed by atoms with Crippen molar-refractivity contribution in [1.82, 2.24) is 14.8 Å². The van der Waals surface area contributed by atoms with Gasteiger partial charge in [0.15, 0.2) is 24.0 Å². The van der Waals surface area contributed by atoms with Crippen molar-refractivity contribution in [3.63, 3.8) is 0 Å². The molecule has 0 unspecified atom stereocenters. The largest absolute Gasteiger partial charge is 0.479 e. The van der Waals surface area contributed by atoms with Crippen molar-refractivity contribution in [2.45, 2.75) is 33.2 Å². The van der Waals surface area contributed by atoms with Gasteiger partial charge in [-0.05, 0) is 49.6 Å². The number of hydrogen-bond donors (Lipinski definition) is 1. The van der Waals surface area contributed by atoms with Crippen LogP contribution in [-0.4, -0.2) is 51.2 Å². The average Bonchev–Trinajstić information content (AvgIpc) is 3.39. The zero-order valence-electron chi connectivity index (χ0n) is 21.7. The predicted octanol–water partition coefficient (Wildman–Crippen LogP) is 4.98. The molecule has 0 amide bonds. The molecular formula is C28H25FN4O5S. The molecule has 5 rings (SSSR count). The minimum atomic E-state index is -1.18. The van der Waals surface area contributed by atoms with Gasteiger partial charge in [-0.2, -0.15) is 0 Å². The first-order valence-electron chi connectivity index (χ1n) is 12.1. The van der Waals surface area contributed by atoms with Crippen LogP contribution in [0.25, 0.3) is 16.1 Å². The minimum Gasteiger partial charge on any atom is -0.479 e. The van der Waals surface area contributed by atoms with Gasteiger partial charge >= 0.3 is 11.9 Å². The number of aromatic nitrogens is 3. The third-order valence-corrected chi connectivity index (χ3v) is 7.79. The van der Waals surface area contributed by atoms with Crippen LogP contribution < -0.4 is 4.74 Å². The van der Waals surface area contributed by atoms with Gasteiger partial charge < -0.3 is 14.6 Å². The number of esters is 1. The van der Waals surface area contributed by atoms with Crippen molar-refractivity contribution in [3.05, 3.63) is 81.5 Å². The summed E-state index contributed by atoms with van der Waals surface area (Å²) in [5.74, 6) is -1.08. The highest BCUT2D eigenvalue weighted by atomic mass is 32.1. The van der Waals surface area contributed by atoms with Gasteiger partial charge in [0.25, 0.3) is 0 Å². The number of carbonyl (C=O) groups excluding carboxylic acids is 1. The van der Waals surface area contributed by atoms with Crippen LogP contribution >= 0.6 is 11.3 Å². The van der Waals surface area contributed by atoms with E-state index in [2.05, 4.69) is 17.1 Å². The van der Waals surface area contributed by atoms with E-state index in [4.69, 9.17) is 19.6 Å². The van der Waals surface area contributed by atoms with Crippen LogP contribution in [0, 0.1) is 26.6 Å². The molecule has 3 heterocycles. The van der Waals surface area contributed by atoms with Crippen LogP contribution in [0.4, 0.5) is 4.39 Å². The van der Waals surface area contributed by atoms with E-state index in [1.165, 1.54) is 19.2 Å². The van der Waals surface area contributed by atoms with E-state index < -0.39 is 30.4 Å². The standard InChI is InChI=1S/C28H25FN4O5S/c1-14-15(2)39-28-25(14)26(30-21(12-24(36)37-4)27-32-31-16(3)33(27)28)18-7-5-17(6-8-18)19-9-10-22(20(29)11-19)38-13-23(34)35/h5-11,21H,12-13H2,1-4H3,(H,34,35)/t21-/m0/s1. The molecule has 0 spiro atoms. The van der Waals surface area contributed by atoms with Crippen LogP contribution in [0.1, 0.15) is 45.7 Å². The molecule has 0 radical (unpaired) electrons. The molecule has 1 N–H and O–H groups in total. The molecule has 1 aliphatic rings. The summed E-state index contributed by atoms with van der Waals surface area (Å²) in [5, 5.41) is 18.3. The Labute approximate surface area is 227 Å². The SMILES string of the molecule is COC(=O)C[C@@H]1N=C(c2ccc(-c3ccc(OCC(=O)O)c(F)c3)cc2)c2c(sc(C)c2C)-n2c(C)nnc21. The molecule has 0 saturated heterocycles. The van der Waals surface area contributed by atoms with Gasteiger partial charge in [-0.1, -0.05) is 30.3 Å². The monoisotopic (exact) mass is 548 g/mol. The Kier molecular flexibility index (Phi) is 7.00. The number of fused-ring (bicyclic) bond motifs is 3. The van der Waals surface area contributed by atoms with E-state index >= 15 is 0 Å². The minimum absolute atomic E-state index is 0.0127. The van der Waals surface area contributed by atoms with Crippen molar-refractivity contribution in [1.29, 1.82) is 0 Å². The second-order valence-electron chi connectivity index (χ2n) is 9.08. The fourth-order valence-electron chi connectivity index (χ4n) is 4.52. The summed E-state index contributed by atoms with van der Waals surface area (Å²) in [5.41, 5.74) is 4.95. The number of nitrogens with zero attached hydrogens (tertiary/aromatic N) is 4. The number of ether oxygens (including phenoxy) is 2. The van der Waals surface area contributed by atoms with Gasteiger partial charge in [0.05, 0.1) is 19.2 Å². The Morgan fingerprint density at radius 1 is 1.05 bits per heavy atom. The highest BCUT2D eigenvalue weighted by Crippen LogP contribution is 2.40. The fraction of sp³-hybridized carbons (Fsp3) is 0.250. The number of aliphatic imine (C=N–C) groups is 1. The molecule has 1 atom stereocenters. The number of methoxy groups -OCH3 is 1.